The number of fused-ring (bicyclic) bond motifs is 5. The van der Waals surface area contributed by atoms with Crippen LogP contribution >= 0.6 is 0 Å². The van der Waals surface area contributed by atoms with Crippen molar-refractivity contribution >= 4 is 23.5 Å². The van der Waals surface area contributed by atoms with Gasteiger partial charge >= 0.3 is 6.03 Å². The first-order chi connectivity index (χ1) is 12.5. The fourth-order valence-corrected chi connectivity index (χ4v) is 4.51. The highest BCUT2D eigenvalue weighted by Crippen LogP contribution is 2.44. The van der Waals surface area contributed by atoms with Gasteiger partial charge in [-0.1, -0.05) is 0 Å². The number of piperazine rings is 1. The zero-order valence-corrected chi connectivity index (χ0v) is 14.3. The second-order valence-electron chi connectivity index (χ2n) is 7.50. The number of aryl methyl sites for hydroxylation is 1. The van der Waals surface area contributed by atoms with Crippen LogP contribution in [-0.2, 0) is 9.59 Å². The predicted molar refractivity (Wildman–Crippen MR) is 88.8 cm³/mol. The first kappa shape index (κ1) is 15.3. The molecule has 0 spiro atoms. The molecule has 2 bridgehead atoms. The minimum Gasteiger partial charge on any atom is -0.335 e. The highest BCUT2D eigenvalue weighted by atomic mass is 16.2. The lowest BCUT2D eigenvalue weighted by molar-refractivity contribution is -0.136. The van der Waals surface area contributed by atoms with Crippen molar-refractivity contribution in [3.63, 3.8) is 0 Å². The number of urea groups is 1. The molecule has 4 fully saturated rings. The monoisotopic (exact) mass is 351 g/mol. The molecule has 4 aliphatic rings. The molecule has 4 amide bonds. The Labute approximate surface area is 150 Å². The molecule has 3 saturated heterocycles. The lowest BCUT2D eigenvalue weighted by Crippen LogP contribution is -2.55. The zero-order valence-electron chi connectivity index (χ0n) is 14.3. The molecule has 1 aromatic rings. The van der Waals surface area contributed by atoms with Crippen molar-refractivity contribution in [2.45, 2.75) is 44.3 Å². The van der Waals surface area contributed by atoms with Gasteiger partial charge in [0.2, 0.25) is 5.91 Å². The molecule has 0 radical (unpaired) electrons. The van der Waals surface area contributed by atoms with E-state index in [1.54, 1.807) is 17.9 Å². The molecule has 3 aliphatic heterocycles. The minimum absolute atomic E-state index is 0.0958. The summed E-state index contributed by atoms with van der Waals surface area (Å²) >= 11 is 0. The maximum Gasteiger partial charge on any atom is 0.332 e. The molecular formula is C18H17N5O3. The number of imide groups is 1. The normalized spacial score (nSPS) is 29.4. The van der Waals surface area contributed by atoms with E-state index in [2.05, 4.69) is 4.98 Å². The number of nitriles is 1. The first-order valence-corrected chi connectivity index (χ1v) is 8.84. The zero-order chi connectivity index (χ0) is 18.2. The highest BCUT2D eigenvalue weighted by molar-refractivity contribution is 6.22. The van der Waals surface area contributed by atoms with Gasteiger partial charge in [0, 0.05) is 12.5 Å². The van der Waals surface area contributed by atoms with E-state index >= 15 is 0 Å². The number of amides is 4. The summed E-state index contributed by atoms with van der Waals surface area (Å²) in [5.74, 6) is -0.0649. The summed E-state index contributed by atoms with van der Waals surface area (Å²) in [6.07, 6.45) is 3.92. The van der Waals surface area contributed by atoms with Crippen molar-refractivity contribution in [3.8, 4) is 6.07 Å². The quantitative estimate of drug-likeness (QED) is 0.734. The van der Waals surface area contributed by atoms with Crippen LogP contribution in [0.4, 0.5) is 10.5 Å². The lowest BCUT2D eigenvalue weighted by atomic mass is 10.1. The van der Waals surface area contributed by atoms with Gasteiger partial charge < -0.3 is 9.80 Å². The highest BCUT2D eigenvalue weighted by Gasteiger charge is 2.63. The topological polar surface area (TPSA) is 97.6 Å². The van der Waals surface area contributed by atoms with Gasteiger partial charge in [0.15, 0.2) is 0 Å². The second-order valence-corrected chi connectivity index (χ2v) is 7.50. The molecule has 8 heteroatoms. The van der Waals surface area contributed by atoms with Crippen molar-refractivity contribution in [2.75, 3.05) is 11.4 Å². The van der Waals surface area contributed by atoms with Gasteiger partial charge in [-0.2, -0.15) is 5.26 Å². The second kappa shape index (κ2) is 5.04. The summed E-state index contributed by atoms with van der Waals surface area (Å²) in [5.41, 5.74) is 1.27. The van der Waals surface area contributed by atoms with Crippen molar-refractivity contribution in [1.29, 1.82) is 5.26 Å². The summed E-state index contributed by atoms with van der Waals surface area (Å²) in [6, 6.07) is 2.35. The maximum absolute atomic E-state index is 13.0. The van der Waals surface area contributed by atoms with Gasteiger partial charge in [-0.05, 0) is 37.8 Å². The predicted octanol–water partition coefficient (Wildman–Crippen LogP) is 0.792. The van der Waals surface area contributed by atoms with Crippen LogP contribution in [0.2, 0.25) is 0 Å². The Kier molecular flexibility index (Phi) is 2.97. The fraction of sp³-hybridized carbons (Fsp3) is 0.500. The number of aromatic nitrogens is 1. The van der Waals surface area contributed by atoms with E-state index in [0.717, 1.165) is 17.7 Å². The lowest BCUT2D eigenvalue weighted by Gasteiger charge is -2.35. The van der Waals surface area contributed by atoms with Crippen LogP contribution < -0.4 is 4.90 Å². The van der Waals surface area contributed by atoms with Gasteiger partial charge in [0.05, 0.1) is 24.0 Å². The number of carbonyl (C=O) groups excluding carboxylic acids is 3. The maximum atomic E-state index is 13.0. The van der Waals surface area contributed by atoms with Gasteiger partial charge in [0.1, 0.15) is 17.8 Å². The third-order valence-electron chi connectivity index (χ3n) is 5.90. The Bertz CT molecular complexity index is 903. The standard InChI is InChI=1S/C18H17N5O3/c1-9-4-11(7-20-13(9)6-19)23-17(25)15-14-5-12(22(15)18(23)26)8-21(14)16(24)10-2-3-10/h4,7,10,12,14-15H,2-3,5,8H2,1H3/t12?,14?,15-/m1/s1. The summed E-state index contributed by atoms with van der Waals surface area (Å²) < 4.78 is 0. The Morgan fingerprint density at radius 3 is 2.77 bits per heavy atom. The molecule has 1 aliphatic carbocycles. The number of anilines is 1. The van der Waals surface area contributed by atoms with Crippen LogP contribution in [0.25, 0.3) is 0 Å². The van der Waals surface area contributed by atoms with E-state index in [-0.39, 0.29) is 41.5 Å². The first-order valence-electron chi connectivity index (χ1n) is 8.84. The number of hydrogen-bond acceptors (Lipinski definition) is 5. The Balaban J connectivity index is 1.47. The van der Waals surface area contributed by atoms with Gasteiger partial charge in [-0.3, -0.25) is 9.59 Å². The van der Waals surface area contributed by atoms with Crippen LogP contribution in [-0.4, -0.2) is 57.3 Å². The number of nitrogens with zero attached hydrogens (tertiary/aromatic N) is 5. The molecule has 8 nitrogen and oxygen atoms in total. The number of hydrogen-bond donors (Lipinski definition) is 0. The third kappa shape index (κ3) is 1.88. The molecule has 2 unspecified atom stereocenters. The van der Waals surface area contributed by atoms with E-state index in [1.807, 2.05) is 11.0 Å². The number of carbonyl (C=O) groups is 3. The fourth-order valence-electron chi connectivity index (χ4n) is 4.51. The summed E-state index contributed by atoms with van der Waals surface area (Å²) in [7, 11) is 0. The van der Waals surface area contributed by atoms with Crippen LogP contribution in [0, 0.1) is 24.2 Å². The van der Waals surface area contributed by atoms with Gasteiger partial charge in [-0.15, -0.1) is 0 Å². The Morgan fingerprint density at radius 1 is 1.35 bits per heavy atom. The molecule has 5 rings (SSSR count). The van der Waals surface area contributed by atoms with Crippen molar-refractivity contribution < 1.29 is 14.4 Å². The Hall–Kier alpha value is -2.95. The minimum atomic E-state index is -0.597. The van der Waals surface area contributed by atoms with Gasteiger partial charge in [0.25, 0.3) is 5.91 Å². The van der Waals surface area contributed by atoms with Gasteiger partial charge in [-0.25, -0.2) is 14.7 Å². The molecule has 1 saturated carbocycles. The Morgan fingerprint density at radius 2 is 2.12 bits per heavy atom. The van der Waals surface area contributed by atoms with E-state index < -0.39 is 6.04 Å². The van der Waals surface area contributed by atoms with Crippen LogP contribution in [0.1, 0.15) is 30.5 Å². The number of likely N-dealkylation sites (tertiary alicyclic amines) is 1. The van der Waals surface area contributed by atoms with Crippen LogP contribution in [0.15, 0.2) is 12.3 Å². The molecule has 0 aromatic carbocycles. The molecular weight excluding hydrogens is 334 g/mol. The molecule has 1 aromatic heterocycles. The van der Waals surface area contributed by atoms with Crippen molar-refractivity contribution in [1.82, 2.24) is 14.8 Å². The molecule has 132 valence electrons. The average molecular weight is 351 g/mol. The smallest absolute Gasteiger partial charge is 0.332 e. The summed E-state index contributed by atoms with van der Waals surface area (Å²) in [5, 5.41) is 9.01. The molecule has 0 N–H and O–H groups in total. The largest absolute Gasteiger partial charge is 0.335 e. The van der Waals surface area contributed by atoms with E-state index in [0.29, 0.717) is 24.2 Å². The van der Waals surface area contributed by atoms with Crippen LogP contribution in [0.5, 0.6) is 0 Å². The average Bonchev–Trinajstić information content (AvgIpc) is 3.21. The van der Waals surface area contributed by atoms with Crippen molar-refractivity contribution in [2.24, 2.45) is 5.92 Å². The molecule has 4 heterocycles. The third-order valence-corrected chi connectivity index (χ3v) is 5.90. The van der Waals surface area contributed by atoms with E-state index in [9.17, 15) is 14.4 Å². The van der Waals surface area contributed by atoms with E-state index in [4.69, 9.17) is 5.26 Å². The SMILES string of the molecule is Cc1cc(N2C(=O)[C@H]3C4CC(CN4C(=O)C4CC4)N3C2=O)cnc1C#N. The van der Waals surface area contributed by atoms with Crippen LogP contribution in [0.3, 0.4) is 0 Å². The summed E-state index contributed by atoms with van der Waals surface area (Å²) in [4.78, 5) is 47.1. The molecule has 26 heavy (non-hydrogen) atoms. The summed E-state index contributed by atoms with van der Waals surface area (Å²) in [6.45, 7) is 2.24. The van der Waals surface area contributed by atoms with E-state index in [1.165, 1.54) is 6.20 Å². The molecule has 3 atom stereocenters. The number of rotatable bonds is 2. The number of pyridine rings is 1. The van der Waals surface area contributed by atoms with Crippen molar-refractivity contribution in [3.05, 3.63) is 23.5 Å².